The molecule has 5 rings (SSSR count). The number of benzene rings is 2. The highest BCUT2D eigenvalue weighted by Gasteiger charge is 2.37. The average Bonchev–Trinajstić information content (AvgIpc) is 3.58. The van der Waals surface area contributed by atoms with E-state index in [1.807, 2.05) is 24.3 Å². The molecule has 0 spiro atoms. The topological polar surface area (TPSA) is 81.2 Å². The number of rotatable bonds is 6. The van der Waals surface area contributed by atoms with E-state index >= 15 is 0 Å². The number of thiophene rings is 1. The van der Waals surface area contributed by atoms with Crippen molar-refractivity contribution in [3.63, 3.8) is 0 Å². The van der Waals surface area contributed by atoms with Crippen LogP contribution in [0, 0.1) is 6.92 Å². The van der Waals surface area contributed by atoms with Crippen molar-refractivity contribution in [3.05, 3.63) is 94.8 Å². The van der Waals surface area contributed by atoms with Gasteiger partial charge < -0.3 is 9.52 Å². The van der Waals surface area contributed by atoms with E-state index in [1.54, 1.807) is 43.5 Å². The third-order valence-corrected chi connectivity index (χ3v) is 6.68. The van der Waals surface area contributed by atoms with Gasteiger partial charge in [-0.15, -0.1) is 11.3 Å². The number of hydrogen-bond donors (Lipinski definition) is 1. The van der Waals surface area contributed by atoms with Gasteiger partial charge in [-0.25, -0.2) is 9.78 Å². The lowest BCUT2D eigenvalue weighted by atomic mass is 10.1. The van der Waals surface area contributed by atoms with Gasteiger partial charge in [-0.2, -0.15) is 18.3 Å². The third-order valence-electron chi connectivity index (χ3n) is 5.51. The molecule has 5 aromatic rings. The average molecular weight is 510 g/mol. The summed E-state index contributed by atoms with van der Waals surface area (Å²) in [6.07, 6.45) is -2.92. The van der Waals surface area contributed by atoms with Crippen molar-refractivity contribution >= 4 is 17.3 Å². The second kappa shape index (κ2) is 9.12. The van der Waals surface area contributed by atoms with Crippen LogP contribution in [0.5, 0.6) is 0 Å². The number of carboxylic acid groups (broad SMARTS) is 1. The zero-order valence-electron chi connectivity index (χ0n) is 18.8. The monoisotopic (exact) mass is 509 g/mol. The molecule has 0 fully saturated rings. The molecule has 3 aromatic heterocycles. The number of halogens is 3. The molecule has 1 N–H and O–H groups in total. The van der Waals surface area contributed by atoms with Crippen LogP contribution in [0.25, 0.3) is 33.2 Å². The SMILES string of the molecule is Cc1oc(-c2cc(-c3ccccc3)c(C(F)(F)F)s2)nc1-c1ccc(Cn2ccc(C(=O)O)n2)cc1. The second-order valence-electron chi connectivity index (χ2n) is 8.04. The number of aromatic carboxylic acids is 1. The van der Waals surface area contributed by atoms with E-state index in [1.165, 1.54) is 16.8 Å². The van der Waals surface area contributed by atoms with Crippen molar-refractivity contribution in [3.8, 4) is 33.2 Å². The van der Waals surface area contributed by atoms with Crippen molar-refractivity contribution in [2.75, 3.05) is 0 Å². The van der Waals surface area contributed by atoms with Crippen LogP contribution < -0.4 is 0 Å². The smallest absolute Gasteiger partial charge is 0.426 e. The van der Waals surface area contributed by atoms with E-state index < -0.39 is 17.0 Å². The van der Waals surface area contributed by atoms with Crippen molar-refractivity contribution in [1.82, 2.24) is 14.8 Å². The second-order valence-corrected chi connectivity index (χ2v) is 9.09. The van der Waals surface area contributed by atoms with Crippen molar-refractivity contribution in [2.24, 2.45) is 0 Å². The first kappa shape index (κ1) is 23.6. The molecule has 0 radical (unpaired) electrons. The molecule has 0 amide bonds. The van der Waals surface area contributed by atoms with Crippen LogP contribution in [0.15, 0.2) is 77.3 Å². The Bertz CT molecular complexity index is 1530. The Morgan fingerprint density at radius 2 is 1.78 bits per heavy atom. The van der Waals surface area contributed by atoms with Crippen LogP contribution in [-0.4, -0.2) is 25.8 Å². The normalized spacial score (nSPS) is 11.7. The Hall–Kier alpha value is -4.18. The van der Waals surface area contributed by atoms with Crippen molar-refractivity contribution in [1.29, 1.82) is 0 Å². The van der Waals surface area contributed by atoms with Crippen LogP contribution in [0.3, 0.4) is 0 Å². The number of oxazole rings is 1. The summed E-state index contributed by atoms with van der Waals surface area (Å²) in [5.74, 6) is -0.480. The van der Waals surface area contributed by atoms with Crippen molar-refractivity contribution in [2.45, 2.75) is 19.6 Å². The van der Waals surface area contributed by atoms with E-state index in [4.69, 9.17) is 9.52 Å². The molecule has 10 heteroatoms. The summed E-state index contributed by atoms with van der Waals surface area (Å²) >= 11 is 0.607. The standard InChI is InChI=1S/C26H18F3N3O3S/c1-15-22(18-9-7-16(8-10-18)14-32-12-11-20(31-32)25(33)34)30-24(35-15)21-13-19(17-5-3-2-4-6-17)23(36-21)26(27,28)29/h2-13H,14H2,1H3,(H,33,34). The molecule has 0 aliphatic carbocycles. The van der Waals surface area contributed by atoms with Gasteiger partial charge in [0.05, 0.1) is 11.4 Å². The maximum absolute atomic E-state index is 13.8. The number of alkyl halides is 3. The Morgan fingerprint density at radius 3 is 2.42 bits per heavy atom. The van der Waals surface area contributed by atoms with Gasteiger partial charge in [0.25, 0.3) is 0 Å². The summed E-state index contributed by atoms with van der Waals surface area (Å²) < 4.78 is 48.6. The van der Waals surface area contributed by atoms with Gasteiger partial charge in [-0.3, -0.25) is 4.68 Å². The van der Waals surface area contributed by atoms with Crippen molar-refractivity contribution < 1.29 is 27.5 Å². The summed E-state index contributed by atoms with van der Waals surface area (Å²) in [7, 11) is 0. The fourth-order valence-corrected chi connectivity index (χ4v) is 4.80. The number of aryl methyl sites for hydroxylation is 1. The molecule has 0 aliphatic rings. The van der Waals surface area contributed by atoms with E-state index in [9.17, 15) is 18.0 Å². The highest BCUT2D eigenvalue weighted by atomic mass is 32.1. The molecule has 3 heterocycles. The maximum atomic E-state index is 13.8. The maximum Gasteiger partial charge on any atom is 0.426 e. The first-order valence-electron chi connectivity index (χ1n) is 10.8. The highest BCUT2D eigenvalue weighted by molar-refractivity contribution is 7.16. The number of aromatic nitrogens is 3. The van der Waals surface area contributed by atoms with Gasteiger partial charge in [0.15, 0.2) is 5.69 Å². The lowest BCUT2D eigenvalue weighted by Crippen LogP contribution is -2.03. The third kappa shape index (κ3) is 4.67. The highest BCUT2D eigenvalue weighted by Crippen LogP contribution is 2.46. The largest absolute Gasteiger partial charge is 0.476 e. The van der Waals surface area contributed by atoms with Gasteiger partial charge in [0.2, 0.25) is 5.89 Å². The first-order valence-corrected chi connectivity index (χ1v) is 11.6. The predicted molar refractivity (Wildman–Crippen MR) is 129 cm³/mol. The summed E-state index contributed by atoms with van der Waals surface area (Å²) in [5.41, 5.74) is 2.70. The van der Waals surface area contributed by atoms with E-state index in [2.05, 4.69) is 10.1 Å². The molecule has 6 nitrogen and oxygen atoms in total. The molecule has 0 unspecified atom stereocenters. The fraction of sp³-hybridized carbons (Fsp3) is 0.115. The van der Waals surface area contributed by atoms with Gasteiger partial charge in [0.1, 0.15) is 16.3 Å². The molecular weight excluding hydrogens is 491 g/mol. The summed E-state index contributed by atoms with van der Waals surface area (Å²) in [6.45, 7) is 2.10. The molecule has 2 aromatic carbocycles. The van der Waals surface area contributed by atoms with Gasteiger partial charge in [-0.1, -0.05) is 54.6 Å². The van der Waals surface area contributed by atoms with Crippen LogP contribution >= 0.6 is 11.3 Å². The minimum absolute atomic E-state index is 0.0324. The Balaban J connectivity index is 1.43. The lowest BCUT2D eigenvalue weighted by molar-refractivity contribution is -0.133. The Morgan fingerprint density at radius 1 is 1.06 bits per heavy atom. The molecule has 0 aliphatic heterocycles. The van der Waals surface area contributed by atoms with Crippen LogP contribution in [0.1, 0.15) is 26.7 Å². The molecular formula is C26H18F3N3O3S. The molecule has 0 atom stereocenters. The van der Waals surface area contributed by atoms with Gasteiger partial charge in [-0.05, 0) is 30.2 Å². The predicted octanol–water partition coefficient (Wildman–Crippen LogP) is 7.01. The molecule has 0 saturated heterocycles. The van der Waals surface area contributed by atoms with Crippen LogP contribution in [0.4, 0.5) is 13.2 Å². The zero-order valence-corrected chi connectivity index (χ0v) is 19.6. The summed E-state index contributed by atoms with van der Waals surface area (Å²) in [5, 5.41) is 13.0. The minimum atomic E-state index is -4.51. The lowest BCUT2D eigenvalue weighted by Gasteiger charge is -2.07. The molecule has 0 saturated carbocycles. The first-order chi connectivity index (χ1) is 17.2. The van der Waals surface area contributed by atoms with E-state index in [0.29, 0.717) is 39.8 Å². The van der Waals surface area contributed by atoms with Gasteiger partial charge >= 0.3 is 12.1 Å². The minimum Gasteiger partial charge on any atom is -0.476 e. The summed E-state index contributed by atoms with van der Waals surface area (Å²) in [4.78, 5) is 15.1. The Kier molecular flexibility index (Phi) is 5.97. The number of hydrogen-bond acceptors (Lipinski definition) is 5. The van der Waals surface area contributed by atoms with Crippen LogP contribution in [0.2, 0.25) is 0 Å². The number of carbonyl (C=O) groups is 1. The molecule has 0 bridgehead atoms. The molecule has 182 valence electrons. The zero-order chi connectivity index (χ0) is 25.4. The quantitative estimate of drug-likeness (QED) is 0.266. The number of carboxylic acids is 1. The van der Waals surface area contributed by atoms with Gasteiger partial charge in [0, 0.05) is 17.3 Å². The van der Waals surface area contributed by atoms with Crippen LogP contribution in [-0.2, 0) is 12.7 Å². The Labute approximate surface area is 207 Å². The molecule has 36 heavy (non-hydrogen) atoms. The van der Waals surface area contributed by atoms with E-state index in [-0.39, 0.29) is 17.1 Å². The summed E-state index contributed by atoms with van der Waals surface area (Å²) in [6, 6.07) is 18.7. The number of nitrogens with zero attached hydrogens (tertiary/aromatic N) is 3. The fourth-order valence-electron chi connectivity index (χ4n) is 3.83. The van der Waals surface area contributed by atoms with E-state index in [0.717, 1.165) is 11.1 Å².